The number of amides is 2. The van der Waals surface area contributed by atoms with E-state index < -0.39 is 47.5 Å². The minimum Gasteiger partial charge on any atom is -0.459 e. The second-order valence-electron chi connectivity index (χ2n) is 16.0. The van der Waals surface area contributed by atoms with Gasteiger partial charge in [0.05, 0.1) is 6.61 Å². The topological polar surface area (TPSA) is 112 Å². The highest BCUT2D eigenvalue weighted by Crippen LogP contribution is 2.64. The number of hydrogen-bond donors (Lipinski definition) is 0. The lowest BCUT2D eigenvalue weighted by Gasteiger charge is -2.38. The third-order valence-electron chi connectivity index (χ3n) is 8.21. The Bertz CT molecular complexity index is 1460. The predicted octanol–water partition coefficient (Wildman–Crippen LogP) is 9.30. The molecule has 50 heavy (non-hydrogen) atoms. The molecule has 1 aliphatic heterocycles. The monoisotopic (exact) mass is 714 g/mol. The van der Waals surface area contributed by atoms with Crippen LogP contribution in [0.3, 0.4) is 0 Å². The van der Waals surface area contributed by atoms with Gasteiger partial charge in [0.2, 0.25) is 7.37 Å². The summed E-state index contributed by atoms with van der Waals surface area (Å²) >= 11 is 0. The van der Waals surface area contributed by atoms with E-state index in [1.54, 1.807) is 69.2 Å². The molecule has 1 aliphatic rings. The number of benzene rings is 2. The van der Waals surface area contributed by atoms with E-state index in [-0.39, 0.29) is 32.2 Å². The van der Waals surface area contributed by atoms with Crippen LogP contribution in [0.2, 0.25) is 0 Å². The first-order valence-corrected chi connectivity index (χ1v) is 19.6. The Kier molecular flexibility index (Phi) is 13.9. The van der Waals surface area contributed by atoms with Crippen molar-refractivity contribution in [2.75, 3.05) is 32.4 Å². The molecule has 2 aromatic rings. The standard InChI is InChI=1S/C39H59N2O8P/c1-11-46-50(45)27-26-40(29-30-18-17-21-32(28-30)31-19-13-12-14-20-31)25-23-39(50,33(42)47-36(2,3)4)22-15-16-24-41(34(43)48-37(5,6)7)35(44)49-38(8,9)10/h12-14,17-21,28H,11,15-16,22-27,29H2,1-10H3. The molecule has 2 unspecified atom stereocenters. The highest BCUT2D eigenvalue weighted by atomic mass is 31.2. The van der Waals surface area contributed by atoms with E-state index in [4.69, 9.17) is 18.7 Å². The summed E-state index contributed by atoms with van der Waals surface area (Å²) in [6.45, 7) is 19.3. The zero-order valence-corrected chi connectivity index (χ0v) is 32.8. The summed E-state index contributed by atoms with van der Waals surface area (Å²) in [6, 6.07) is 18.6. The molecule has 11 heteroatoms. The predicted molar refractivity (Wildman–Crippen MR) is 197 cm³/mol. The first kappa shape index (κ1) is 41.2. The Balaban J connectivity index is 1.88. The van der Waals surface area contributed by atoms with E-state index in [0.29, 0.717) is 32.5 Å². The molecule has 2 amide bonds. The molecular formula is C39H59N2O8P. The number of hydrogen-bond acceptors (Lipinski definition) is 9. The molecular weight excluding hydrogens is 655 g/mol. The largest absolute Gasteiger partial charge is 0.459 e. The van der Waals surface area contributed by atoms with Crippen molar-refractivity contribution < 1.29 is 37.7 Å². The molecule has 2 aromatic carbocycles. The Hall–Kier alpha value is -3.20. The van der Waals surface area contributed by atoms with Crippen LogP contribution in [0.1, 0.15) is 100 Å². The van der Waals surface area contributed by atoms with Crippen LogP contribution in [0.25, 0.3) is 11.1 Å². The van der Waals surface area contributed by atoms with Gasteiger partial charge in [-0.05, 0) is 118 Å². The SMILES string of the molecule is CCOP1(=O)CCN(Cc2cccc(-c3ccccc3)c2)CCC1(CCCCN(C(=O)OC(C)(C)C)C(=O)OC(C)(C)C)C(=O)OC(C)(C)C. The summed E-state index contributed by atoms with van der Waals surface area (Å²) < 4.78 is 38.1. The van der Waals surface area contributed by atoms with Gasteiger partial charge >= 0.3 is 18.2 Å². The van der Waals surface area contributed by atoms with Gasteiger partial charge in [0.25, 0.3) is 0 Å². The van der Waals surface area contributed by atoms with E-state index in [1.807, 2.05) is 24.3 Å². The average Bonchev–Trinajstić information content (AvgIpc) is 3.12. The molecule has 0 spiro atoms. The Morgan fingerprint density at radius 3 is 1.92 bits per heavy atom. The van der Waals surface area contributed by atoms with E-state index in [9.17, 15) is 14.4 Å². The van der Waals surface area contributed by atoms with Crippen LogP contribution in [0.15, 0.2) is 54.6 Å². The number of rotatable bonds is 11. The van der Waals surface area contributed by atoms with Gasteiger partial charge in [-0.3, -0.25) is 14.3 Å². The molecule has 0 aliphatic carbocycles. The van der Waals surface area contributed by atoms with E-state index >= 15 is 4.57 Å². The highest BCUT2D eigenvalue weighted by Gasteiger charge is 2.57. The third-order valence-corrected chi connectivity index (χ3v) is 11.6. The van der Waals surface area contributed by atoms with Gasteiger partial charge in [0, 0.05) is 32.3 Å². The van der Waals surface area contributed by atoms with Gasteiger partial charge < -0.3 is 18.7 Å². The number of carbonyl (C=O) groups is 3. The summed E-state index contributed by atoms with van der Waals surface area (Å²) in [7, 11) is -3.61. The van der Waals surface area contributed by atoms with Crippen LogP contribution < -0.4 is 0 Å². The number of imide groups is 1. The minimum absolute atomic E-state index is 0.00294. The quantitative estimate of drug-likeness (QED) is 0.0973. The Morgan fingerprint density at radius 1 is 0.780 bits per heavy atom. The number of esters is 1. The zero-order chi connectivity index (χ0) is 37.4. The average molecular weight is 715 g/mol. The molecule has 3 rings (SSSR count). The molecule has 2 atom stereocenters. The molecule has 1 fully saturated rings. The van der Waals surface area contributed by atoms with Crippen molar-refractivity contribution in [3.63, 3.8) is 0 Å². The highest BCUT2D eigenvalue weighted by molar-refractivity contribution is 7.61. The number of ether oxygens (including phenoxy) is 3. The van der Waals surface area contributed by atoms with Crippen molar-refractivity contribution in [3.8, 4) is 11.1 Å². The van der Waals surface area contributed by atoms with Crippen molar-refractivity contribution in [3.05, 3.63) is 60.2 Å². The molecule has 278 valence electrons. The van der Waals surface area contributed by atoms with Crippen LogP contribution in [0.5, 0.6) is 0 Å². The maximum Gasteiger partial charge on any atom is 0.419 e. The van der Waals surface area contributed by atoms with Crippen LogP contribution in [-0.4, -0.2) is 82.3 Å². The first-order valence-electron chi connectivity index (χ1n) is 17.7. The maximum absolute atomic E-state index is 15.0. The third kappa shape index (κ3) is 12.0. The van der Waals surface area contributed by atoms with E-state index in [0.717, 1.165) is 21.6 Å². The number of nitrogens with zero attached hydrogens (tertiary/aromatic N) is 2. The van der Waals surface area contributed by atoms with E-state index in [1.165, 1.54) is 0 Å². The summed E-state index contributed by atoms with van der Waals surface area (Å²) in [5.41, 5.74) is 0.913. The smallest absolute Gasteiger partial charge is 0.419 e. The van der Waals surface area contributed by atoms with Crippen molar-refractivity contribution in [2.24, 2.45) is 0 Å². The Labute approximate surface area is 299 Å². The fraction of sp³-hybridized carbons (Fsp3) is 0.615. The second-order valence-corrected chi connectivity index (χ2v) is 18.9. The van der Waals surface area contributed by atoms with Crippen molar-refractivity contribution >= 4 is 25.5 Å². The van der Waals surface area contributed by atoms with Gasteiger partial charge in [-0.15, -0.1) is 0 Å². The summed E-state index contributed by atoms with van der Waals surface area (Å²) in [6.07, 6.45) is -0.250. The molecule has 10 nitrogen and oxygen atoms in total. The minimum atomic E-state index is -3.61. The van der Waals surface area contributed by atoms with Gasteiger partial charge in [0.1, 0.15) is 22.0 Å². The van der Waals surface area contributed by atoms with Crippen LogP contribution in [0, 0.1) is 0 Å². The first-order chi connectivity index (χ1) is 23.2. The van der Waals surface area contributed by atoms with Gasteiger partial charge in [-0.25, -0.2) is 14.5 Å². The fourth-order valence-electron chi connectivity index (χ4n) is 6.00. The molecule has 1 saturated heterocycles. The lowest BCUT2D eigenvalue weighted by molar-refractivity contribution is -0.159. The van der Waals surface area contributed by atoms with Crippen LogP contribution in [-0.2, 0) is 34.6 Å². The zero-order valence-electron chi connectivity index (χ0n) is 31.9. The van der Waals surface area contributed by atoms with Crippen LogP contribution in [0.4, 0.5) is 9.59 Å². The molecule has 0 radical (unpaired) electrons. The molecule has 0 saturated carbocycles. The molecule has 0 N–H and O–H groups in total. The lowest BCUT2D eigenvalue weighted by Crippen LogP contribution is -2.45. The van der Waals surface area contributed by atoms with Crippen molar-refractivity contribution in [1.29, 1.82) is 0 Å². The molecule has 0 bridgehead atoms. The van der Waals surface area contributed by atoms with Gasteiger partial charge in [0.15, 0.2) is 0 Å². The second kappa shape index (κ2) is 16.9. The maximum atomic E-state index is 15.0. The molecule has 1 heterocycles. The van der Waals surface area contributed by atoms with E-state index in [2.05, 4.69) is 35.2 Å². The Morgan fingerprint density at radius 2 is 1.36 bits per heavy atom. The van der Waals surface area contributed by atoms with Gasteiger partial charge in [-0.1, -0.05) is 48.5 Å². The van der Waals surface area contributed by atoms with Crippen molar-refractivity contribution in [1.82, 2.24) is 9.80 Å². The molecule has 0 aromatic heterocycles. The van der Waals surface area contributed by atoms with Crippen molar-refractivity contribution in [2.45, 2.75) is 123 Å². The summed E-state index contributed by atoms with van der Waals surface area (Å²) in [4.78, 5) is 43.6. The number of carbonyl (C=O) groups excluding carboxylic acids is 3. The van der Waals surface area contributed by atoms with Gasteiger partial charge in [-0.2, -0.15) is 0 Å². The normalized spacial score (nSPS) is 20.4. The number of unbranched alkanes of at least 4 members (excludes halogenated alkanes) is 1. The lowest BCUT2D eigenvalue weighted by atomic mass is 9.96. The summed E-state index contributed by atoms with van der Waals surface area (Å²) in [5, 5.41) is -1.40. The fourth-order valence-corrected chi connectivity index (χ4v) is 9.03. The van der Waals surface area contributed by atoms with Crippen LogP contribution >= 0.6 is 7.37 Å². The summed E-state index contributed by atoms with van der Waals surface area (Å²) in [5.74, 6) is -0.536.